The molecule has 0 saturated carbocycles. The number of halogens is 1. The van der Waals surface area contributed by atoms with Gasteiger partial charge in [-0.3, -0.25) is 4.98 Å². The fraction of sp³-hybridized carbons (Fsp3) is 0.133. The van der Waals surface area contributed by atoms with Crippen molar-refractivity contribution < 1.29 is 4.52 Å². The highest BCUT2D eigenvalue weighted by molar-refractivity contribution is 6.32. The van der Waals surface area contributed by atoms with E-state index in [-0.39, 0.29) is 0 Å². The molecule has 2 heterocycles. The minimum absolute atomic E-state index is 0.375. The number of hydrogen-bond donors (Lipinski definition) is 1. The highest BCUT2D eigenvalue weighted by Crippen LogP contribution is 2.26. The number of nitrogens with zero attached hydrogens (tertiary/aromatic N) is 3. The standard InChI is InChI=1S/C15H13ClN4O/c16-12-5-2-8-18-13(12)14-19-15(21-20-14)11-4-1-3-10(9-11)6-7-17/h1-5,8-9H,6-7,17H2. The van der Waals surface area contributed by atoms with E-state index >= 15 is 0 Å². The van der Waals surface area contributed by atoms with Crippen molar-refractivity contribution in [2.75, 3.05) is 6.54 Å². The third kappa shape index (κ3) is 2.94. The van der Waals surface area contributed by atoms with Crippen LogP contribution in [0, 0.1) is 0 Å². The molecule has 5 nitrogen and oxygen atoms in total. The molecule has 3 rings (SSSR count). The quantitative estimate of drug-likeness (QED) is 0.801. The van der Waals surface area contributed by atoms with Crippen LogP contribution < -0.4 is 5.73 Å². The Balaban J connectivity index is 1.95. The third-order valence-corrected chi connectivity index (χ3v) is 3.31. The molecule has 0 amide bonds. The molecule has 0 fully saturated rings. The Morgan fingerprint density at radius 3 is 2.90 bits per heavy atom. The molecule has 1 aromatic carbocycles. The summed E-state index contributed by atoms with van der Waals surface area (Å²) in [5.41, 5.74) is 8.06. The monoisotopic (exact) mass is 300 g/mol. The van der Waals surface area contributed by atoms with Crippen molar-refractivity contribution in [3.8, 4) is 23.0 Å². The van der Waals surface area contributed by atoms with Crippen molar-refractivity contribution in [2.45, 2.75) is 6.42 Å². The molecule has 106 valence electrons. The van der Waals surface area contributed by atoms with Crippen molar-refractivity contribution in [3.63, 3.8) is 0 Å². The lowest BCUT2D eigenvalue weighted by molar-refractivity contribution is 0.432. The van der Waals surface area contributed by atoms with Gasteiger partial charge in [0.25, 0.3) is 5.89 Å². The van der Waals surface area contributed by atoms with E-state index in [0.717, 1.165) is 17.5 Å². The Morgan fingerprint density at radius 1 is 1.19 bits per heavy atom. The maximum atomic E-state index is 6.08. The second-order valence-electron chi connectivity index (χ2n) is 4.50. The Hall–Kier alpha value is -2.24. The van der Waals surface area contributed by atoms with Crippen LogP contribution in [-0.2, 0) is 6.42 Å². The van der Waals surface area contributed by atoms with Gasteiger partial charge in [0, 0.05) is 11.8 Å². The fourth-order valence-corrected chi connectivity index (χ4v) is 2.22. The number of benzene rings is 1. The van der Waals surface area contributed by atoms with E-state index in [4.69, 9.17) is 21.9 Å². The van der Waals surface area contributed by atoms with Crippen molar-refractivity contribution in [1.82, 2.24) is 15.1 Å². The summed E-state index contributed by atoms with van der Waals surface area (Å²) in [7, 11) is 0. The number of pyridine rings is 1. The van der Waals surface area contributed by atoms with Gasteiger partial charge in [-0.1, -0.05) is 28.9 Å². The van der Waals surface area contributed by atoms with E-state index in [1.165, 1.54) is 0 Å². The molecule has 0 atom stereocenters. The second kappa shape index (κ2) is 6.03. The normalized spacial score (nSPS) is 10.8. The van der Waals surface area contributed by atoms with Crippen molar-refractivity contribution in [1.29, 1.82) is 0 Å². The molecule has 0 saturated heterocycles. The zero-order valence-corrected chi connectivity index (χ0v) is 11.9. The highest BCUT2D eigenvalue weighted by atomic mass is 35.5. The molecule has 0 aliphatic carbocycles. The zero-order valence-electron chi connectivity index (χ0n) is 11.2. The summed E-state index contributed by atoms with van der Waals surface area (Å²) >= 11 is 6.08. The minimum atomic E-state index is 0.375. The Labute approximate surface area is 126 Å². The van der Waals surface area contributed by atoms with Crippen LogP contribution in [0.3, 0.4) is 0 Å². The van der Waals surface area contributed by atoms with E-state index < -0.39 is 0 Å². The van der Waals surface area contributed by atoms with Gasteiger partial charge in [-0.05, 0) is 42.8 Å². The topological polar surface area (TPSA) is 77.8 Å². The van der Waals surface area contributed by atoms with E-state index in [2.05, 4.69) is 15.1 Å². The van der Waals surface area contributed by atoms with Gasteiger partial charge in [0.1, 0.15) is 5.69 Å². The molecular formula is C15H13ClN4O. The summed E-state index contributed by atoms with van der Waals surface area (Å²) in [6, 6.07) is 11.4. The first-order chi connectivity index (χ1) is 10.3. The number of hydrogen-bond acceptors (Lipinski definition) is 5. The molecule has 3 aromatic rings. The molecule has 0 radical (unpaired) electrons. The molecule has 0 aliphatic rings. The van der Waals surface area contributed by atoms with E-state index in [1.54, 1.807) is 18.3 Å². The number of aromatic nitrogens is 3. The van der Waals surface area contributed by atoms with Crippen LogP contribution in [0.25, 0.3) is 23.0 Å². The average molecular weight is 301 g/mol. The van der Waals surface area contributed by atoms with Crippen LogP contribution in [0.4, 0.5) is 0 Å². The van der Waals surface area contributed by atoms with Gasteiger partial charge in [0.05, 0.1) is 5.02 Å². The van der Waals surface area contributed by atoms with Gasteiger partial charge in [0.2, 0.25) is 5.82 Å². The molecule has 0 unspecified atom stereocenters. The van der Waals surface area contributed by atoms with Gasteiger partial charge >= 0.3 is 0 Å². The summed E-state index contributed by atoms with van der Waals surface area (Å²) < 4.78 is 5.30. The third-order valence-electron chi connectivity index (χ3n) is 3.00. The fourth-order valence-electron chi connectivity index (χ4n) is 2.01. The molecule has 21 heavy (non-hydrogen) atoms. The summed E-state index contributed by atoms with van der Waals surface area (Å²) in [4.78, 5) is 8.53. The van der Waals surface area contributed by atoms with Gasteiger partial charge in [0.15, 0.2) is 0 Å². The number of rotatable bonds is 4. The molecule has 0 aliphatic heterocycles. The van der Waals surface area contributed by atoms with Gasteiger partial charge < -0.3 is 10.3 Å². The predicted molar refractivity (Wildman–Crippen MR) is 80.7 cm³/mol. The summed E-state index contributed by atoms with van der Waals surface area (Å²) in [5, 5.41) is 4.43. The first kappa shape index (κ1) is 13.7. The van der Waals surface area contributed by atoms with Crippen LogP contribution in [0.1, 0.15) is 5.56 Å². The summed E-state index contributed by atoms with van der Waals surface area (Å²) in [6.07, 6.45) is 2.44. The van der Waals surface area contributed by atoms with Gasteiger partial charge in [-0.25, -0.2) is 0 Å². The first-order valence-corrected chi connectivity index (χ1v) is 6.89. The molecule has 2 N–H and O–H groups in total. The summed E-state index contributed by atoms with van der Waals surface area (Å²) in [5.74, 6) is 0.811. The lowest BCUT2D eigenvalue weighted by Gasteiger charge is -2.00. The highest BCUT2D eigenvalue weighted by Gasteiger charge is 2.14. The molecule has 2 aromatic heterocycles. The first-order valence-electron chi connectivity index (χ1n) is 6.52. The smallest absolute Gasteiger partial charge is 0.258 e. The van der Waals surface area contributed by atoms with E-state index in [9.17, 15) is 0 Å². The van der Waals surface area contributed by atoms with Crippen LogP contribution in [0.2, 0.25) is 5.02 Å². The second-order valence-corrected chi connectivity index (χ2v) is 4.90. The van der Waals surface area contributed by atoms with Crippen LogP contribution in [-0.4, -0.2) is 21.7 Å². The minimum Gasteiger partial charge on any atom is -0.334 e. The number of nitrogens with two attached hydrogens (primary N) is 1. The Morgan fingerprint density at radius 2 is 2.10 bits per heavy atom. The van der Waals surface area contributed by atoms with Crippen molar-refractivity contribution in [3.05, 3.63) is 53.2 Å². The molecular weight excluding hydrogens is 288 g/mol. The maximum Gasteiger partial charge on any atom is 0.258 e. The SMILES string of the molecule is NCCc1cccc(-c2nc(-c3ncccc3Cl)no2)c1. The van der Waals surface area contributed by atoms with Gasteiger partial charge in [-0.2, -0.15) is 4.98 Å². The van der Waals surface area contributed by atoms with Crippen LogP contribution >= 0.6 is 11.6 Å². The predicted octanol–water partition coefficient (Wildman–Crippen LogP) is 2.95. The van der Waals surface area contributed by atoms with E-state index in [0.29, 0.717) is 29.0 Å². The lowest BCUT2D eigenvalue weighted by atomic mass is 10.1. The average Bonchev–Trinajstić information content (AvgIpc) is 2.98. The van der Waals surface area contributed by atoms with Crippen molar-refractivity contribution in [2.24, 2.45) is 5.73 Å². The van der Waals surface area contributed by atoms with E-state index in [1.807, 2.05) is 24.3 Å². The maximum absolute atomic E-state index is 6.08. The largest absolute Gasteiger partial charge is 0.334 e. The summed E-state index contributed by atoms with van der Waals surface area (Å²) in [6.45, 7) is 0.599. The lowest BCUT2D eigenvalue weighted by Crippen LogP contribution is -2.02. The Kier molecular flexibility index (Phi) is 3.94. The van der Waals surface area contributed by atoms with Crippen molar-refractivity contribution >= 4 is 11.6 Å². The Bertz CT molecular complexity index is 757. The zero-order chi connectivity index (χ0) is 14.7. The molecule has 0 spiro atoms. The van der Waals surface area contributed by atoms with Crippen LogP contribution in [0.5, 0.6) is 0 Å². The molecule has 0 bridgehead atoms. The molecule has 6 heteroatoms. The van der Waals surface area contributed by atoms with Crippen LogP contribution in [0.15, 0.2) is 47.1 Å². The van der Waals surface area contributed by atoms with Gasteiger partial charge in [-0.15, -0.1) is 0 Å².